The summed E-state index contributed by atoms with van der Waals surface area (Å²) < 4.78 is 0. The molecule has 0 aliphatic carbocycles. The van der Waals surface area contributed by atoms with Crippen molar-refractivity contribution in [3.05, 3.63) is 0 Å². The lowest BCUT2D eigenvalue weighted by Gasteiger charge is -2.34. The Labute approximate surface area is 99.8 Å². The third-order valence-electron chi connectivity index (χ3n) is 3.21. The number of hydrogen-bond donors (Lipinski definition) is 3. The van der Waals surface area contributed by atoms with Crippen molar-refractivity contribution in [2.24, 2.45) is 11.8 Å². The summed E-state index contributed by atoms with van der Waals surface area (Å²) in [5.74, 6) is -3.66. The van der Waals surface area contributed by atoms with E-state index >= 15 is 0 Å². The fraction of sp³-hybridized carbons (Fsp3) is 0.818. The molecule has 0 spiro atoms. The van der Waals surface area contributed by atoms with Crippen LogP contribution in [-0.4, -0.2) is 58.4 Å². The van der Waals surface area contributed by atoms with E-state index in [2.05, 4.69) is 0 Å². The number of rotatable bonds is 6. The Morgan fingerprint density at radius 3 is 2.29 bits per heavy atom. The van der Waals surface area contributed by atoms with Gasteiger partial charge in [-0.25, -0.2) is 0 Å². The molecule has 0 radical (unpaired) electrons. The highest BCUT2D eigenvalue weighted by molar-refractivity contribution is 5.80. The fourth-order valence-corrected chi connectivity index (χ4v) is 2.22. The highest BCUT2D eigenvalue weighted by Gasteiger charge is 2.38. The lowest BCUT2D eigenvalue weighted by atomic mass is 9.85. The predicted octanol–water partition coefficient (Wildman–Crippen LogP) is -0.134. The van der Waals surface area contributed by atoms with Crippen LogP contribution in [0, 0.1) is 11.8 Å². The molecule has 17 heavy (non-hydrogen) atoms. The van der Waals surface area contributed by atoms with Gasteiger partial charge in [-0.15, -0.1) is 0 Å². The van der Waals surface area contributed by atoms with Gasteiger partial charge in [0.2, 0.25) is 0 Å². The minimum atomic E-state index is -1.04. The van der Waals surface area contributed by atoms with Crippen molar-refractivity contribution in [2.45, 2.75) is 19.3 Å². The van der Waals surface area contributed by atoms with Gasteiger partial charge in [-0.3, -0.25) is 9.59 Å². The highest BCUT2D eigenvalue weighted by atomic mass is 16.4. The molecule has 1 saturated heterocycles. The Morgan fingerprint density at radius 2 is 1.76 bits per heavy atom. The van der Waals surface area contributed by atoms with Crippen LogP contribution in [0.25, 0.3) is 0 Å². The number of aliphatic hydroxyl groups excluding tert-OH is 1. The van der Waals surface area contributed by atoms with Crippen LogP contribution in [0.4, 0.5) is 0 Å². The lowest BCUT2D eigenvalue weighted by molar-refractivity contribution is -0.157. The summed E-state index contributed by atoms with van der Waals surface area (Å²) in [6.07, 6.45) is 1.88. The number of nitrogens with zero attached hydrogens (tertiary/aromatic N) is 1. The van der Waals surface area contributed by atoms with Crippen molar-refractivity contribution in [3.63, 3.8) is 0 Å². The third kappa shape index (κ3) is 3.98. The van der Waals surface area contributed by atoms with E-state index in [0.717, 1.165) is 13.0 Å². The van der Waals surface area contributed by atoms with E-state index in [1.807, 2.05) is 4.90 Å². The monoisotopic (exact) mass is 245 g/mol. The molecule has 0 saturated carbocycles. The number of carbonyl (C=O) groups is 2. The third-order valence-corrected chi connectivity index (χ3v) is 3.21. The van der Waals surface area contributed by atoms with Gasteiger partial charge in [-0.05, 0) is 32.4 Å². The largest absolute Gasteiger partial charge is 0.481 e. The van der Waals surface area contributed by atoms with Crippen molar-refractivity contribution < 1.29 is 24.9 Å². The second-order valence-corrected chi connectivity index (χ2v) is 4.41. The van der Waals surface area contributed by atoms with Crippen molar-refractivity contribution in [3.8, 4) is 0 Å². The standard InChI is InChI=1S/C11H19NO5/c13-6-2-1-4-12-5-3-8(10(14)15)9(7-12)11(16)17/h8-9,13H,1-7H2,(H,14,15)(H,16,17). The zero-order chi connectivity index (χ0) is 12.8. The van der Waals surface area contributed by atoms with Crippen molar-refractivity contribution in [2.75, 3.05) is 26.2 Å². The zero-order valence-corrected chi connectivity index (χ0v) is 9.71. The molecule has 0 aromatic heterocycles. The molecule has 6 heteroatoms. The van der Waals surface area contributed by atoms with Crippen LogP contribution in [0.1, 0.15) is 19.3 Å². The normalized spacial score (nSPS) is 25.7. The van der Waals surface area contributed by atoms with E-state index in [1.54, 1.807) is 0 Å². The Morgan fingerprint density at radius 1 is 1.12 bits per heavy atom. The van der Waals surface area contributed by atoms with Gasteiger partial charge in [0.05, 0.1) is 11.8 Å². The van der Waals surface area contributed by atoms with Crippen LogP contribution in [0.2, 0.25) is 0 Å². The topological polar surface area (TPSA) is 98.1 Å². The van der Waals surface area contributed by atoms with Crippen LogP contribution in [-0.2, 0) is 9.59 Å². The van der Waals surface area contributed by atoms with Crippen molar-refractivity contribution >= 4 is 11.9 Å². The van der Waals surface area contributed by atoms with Gasteiger partial charge in [0.1, 0.15) is 0 Å². The summed E-state index contributed by atoms with van der Waals surface area (Å²) >= 11 is 0. The summed E-state index contributed by atoms with van der Waals surface area (Å²) in [4.78, 5) is 23.9. The number of likely N-dealkylation sites (tertiary alicyclic amines) is 1. The number of unbranched alkanes of at least 4 members (excludes halogenated alkanes) is 1. The SMILES string of the molecule is O=C(O)C1CCN(CCCCO)CC1C(=O)O. The molecular weight excluding hydrogens is 226 g/mol. The molecule has 1 aliphatic heterocycles. The molecule has 6 nitrogen and oxygen atoms in total. The van der Waals surface area contributed by atoms with Gasteiger partial charge in [0.25, 0.3) is 0 Å². The first-order valence-electron chi connectivity index (χ1n) is 5.85. The molecule has 3 N–H and O–H groups in total. The highest BCUT2D eigenvalue weighted by Crippen LogP contribution is 2.24. The minimum Gasteiger partial charge on any atom is -0.481 e. The lowest BCUT2D eigenvalue weighted by Crippen LogP contribution is -2.46. The Kier molecular flexibility index (Phi) is 5.37. The molecule has 1 fully saturated rings. The van der Waals surface area contributed by atoms with Crippen molar-refractivity contribution in [1.82, 2.24) is 4.90 Å². The first-order chi connectivity index (χ1) is 8.06. The maximum atomic E-state index is 11.0. The molecule has 98 valence electrons. The summed E-state index contributed by atoms with van der Waals surface area (Å²) in [6, 6.07) is 0. The molecule has 2 atom stereocenters. The fourth-order valence-electron chi connectivity index (χ4n) is 2.22. The number of aliphatic carboxylic acids is 2. The predicted molar refractivity (Wildman–Crippen MR) is 59.6 cm³/mol. The summed E-state index contributed by atoms with van der Waals surface area (Å²) in [5.41, 5.74) is 0. The average molecular weight is 245 g/mol. The second-order valence-electron chi connectivity index (χ2n) is 4.41. The van der Waals surface area contributed by atoms with Crippen LogP contribution < -0.4 is 0 Å². The van der Waals surface area contributed by atoms with Crippen LogP contribution in [0.15, 0.2) is 0 Å². The number of piperidine rings is 1. The molecule has 1 rings (SSSR count). The molecule has 1 aliphatic rings. The first-order valence-corrected chi connectivity index (χ1v) is 5.85. The van der Waals surface area contributed by atoms with Gasteiger partial charge in [-0.1, -0.05) is 0 Å². The zero-order valence-electron chi connectivity index (χ0n) is 9.71. The van der Waals surface area contributed by atoms with E-state index in [4.69, 9.17) is 15.3 Å². The number of aliphatic hydroxyl groups is 1. The van der Waals surface area contributed by atoms with Gasteiger partial charge in [-0.2, -0.15) is 0 Å². The maximum absolute atomic E-state index is 11.0. The maximum Gasteiger partial charge on any atom is 0.308 e. The van der Waals surface area contributed by atoms with E-state index in [1.165, 1.54) is 0 Å². The molecule has 2 unspecified atom stereocenters. The molecule has 0 amide bonds. The summed E-state index contributed by atoms with van der Waals surface area (Å²) in [7, 11) is 0. The van der Waals surface area contributed by atoms with Crippen LogP contribution in [0.5, 0.6) is 0 Å². The van der Waals surface area contributed by atoms with Crippen LogP contribution >= 0.6 is 0 Å². The smallest absolute Gasteiger partial charge is 0.308 e. The first kappa shape index (κ1) is 13.9. The van der Waals surface area contributed by atoms with Gasteiger partial charge < -0.3 is 20.2 Å². The molecule has 0 aromatic carbocycles. The number of hydrogen-bond acceptors (Lipinski definition) is 4. The van der Waals surface area contributed by atoms with Crippen LogP contribution in [0.3, 0.4) is 0 Å². The second kappa shape index (κ2) is 6.56. The van der Waals surface area contributed by atoms with E-state index in [9.17, 15) is 9.59 Å². The molecule has 0 aromatic rings. The summed E-state index contributed by atoms with van der Waals surface area (Å²) in [5, 5.41) is 26.6. The van der Waals surface area contributed by atoms with Gasteiger partial charge in [0.15, 0.2) is 0 Å². The van der Waals surface area contributed by atoms with Crippen molar-refractivity contribution in [1.29, 1.82) is 0 Å². The summed E-state index contributed by atoms with van der Waals surface area (Å²) in [6.45, 7) is 1.76. The number of carboxylic acids is 2. The Balaban J connectivity index is 2.50. The Bertz CT molecular complexity index is 281. The minimum absolute atomic E-state index is 0.133. The quantitative estimate of drug-likeness (QED) is 0.564. The van der Waals surface area contributed by atoms with Gasteiger partial charge >= 0.3 is 11.9 Å². The molecular formula is C11H19NO5. The average Bonchev–Trinajstić information content (AvgIpc) is 2.29. The molecule has 0 bridgehead atoms. The number of carboxylic acid groups (broad SMARTS) is 2. The van der Waals surface area contributed by atoms with Gasteiger partial charge in [0, 0.05) is 13.2 Å². The van der Waals surface area contributed by atoms with E-state index in [-0.39, 0.29) is 13.2 Å². The van der Waals surface area contributed by atoms with E-state index < -0.39 is 23.8 Å². The molecule has 1 heterocycles. The van der Waals surface area contributed by atoms with E-state index in [0.29, 0.717) is 19.4 Å². The Hall–Kier alpha value is -1.14.